The molecule has 1 N–H and O–H groups in total. The third-order valence-electron chi connectivity index (χ3n) is 7.12. The van der Waals surface area contributed by atoms with Gasteiger partial charge in [-0.05, 0) is 60.2 Å². The van der Waals surface area contributed by atoms with Crippen LogP contribution in [0.2, 0.25) is 0 Å². The molecule has 0 fully saturated rings. The molecular weight excluding hydrogens is 526 g/mol. The summed E-state index contributed by atoms with van der Waals surface area (Å²) < 4.78 is 28.7. The average Bonchev–Trinajstić information content (AvgIpc) is 3.19. The molecule has 1 aliphatic rings. The van der Waals surface area contributed by atoms with Gasteiger partial charge in [-0.1, -0.05) is 55.0 Å². The number of hydrogen-bond donors (Lipinski definition) is 1. The predicted octanol–water partition coefficient (Wildman–Crippen LogP) is 5.33. The first-order chi connectivity index (χ1) is 19.4. The van der Waals surface area contributed by atoms with Crippen LogP contribution in [0.4, 0.5) is 5.69 Å². The van der Waals surface area contributed by atoms with Gasteiger partial charge in [-0.15, -0.1) is 0 Å². The molecule has 0 aliphatic heterocycles. The molecule has 9 nitrogen and oxygen atoms in total. The largest absolute Gasteiger partial charge is 0.305 e. The fourth-order valence-corrected chi connectivity index (χ4v) is 6.60. The maximum atomic E-state index is 13.7. The van der Waals surface area contributed by atoms with E-state index >= 15 is 0 Å². The van der Waals surface area contributed by atoms with Crippen LogP contribution in [0.1, 0.15) is 53.4 Å². The molecule has 1 atom stereocenters. The summed E-state index contributed by atoms with van der Waals surface area (Å²) in [6, 6.07) is 22.8. The molecule has 0 bridgehead atoms. The van der Waals surface area contributed by atoms with Crippen molar-refractivity contribution in [2.75, 3.05) is 0 Å². The molecule has 0 saturated heterocycles. The minimum Gasteiger partial charge on any atom is -0.305 e. The van der Waals surface area contributed by atoms with Crippen molar-refractivity contribution in [3.05, 3.63) is 129 Å². The molecule has 1 unspecified atom stereocenters. The number of aryl methyl sites for hydroxylation is 1. The Morgan fingerprint density at radius 2 is 1.62 bits per heavy atom. The third-order valence-corrected chi connectivity index (χ3v) is 8.96. The monoisotopic (exact) mass is 557 g/mol. The molecule has 0 spiro atoms. The van der Waals surface area contributed by atoms with E-state index in [1.54, 1.807) is 24.4 Å². The Labute approximate surface area is 234 Å². The Balaban J connectivity index is 1.34. The molecule has 5 rings (SSSR count). The van der Waals surface area contributed by atoms with Crippen LogP contribution in [0, 0.1) is 10.1 Å². The zero-order valence-corrected chi connectivity index (χ0v) is 22.8. The first kappa shape index (κ1) is 27.6. The highest BCUT2D eigenvalue weighted by Crippen LogP contribution is 2.29. The molecule has 4 aromatic rings. The Morgan fingerprint density at radius 3 is 2.40 bits per heavy atom. The summed E-state index contributed by atoms with van der Waals surface area (Å²) in [5.41, 5.74) is 4.36. The maximum Gasteiger partial charge on any atom is 0.289 e. The molecule has 0 amide bonds. The van der Waals surface area contributed by atoms with E-state index in [0.29, 0.717) is 12.2 Å². The van der Waals surface area contributed by atoms with Crippen LogP contribution in [0.3, 0.4) is 0 Å². The van der Waals surface area contributed by atoms with E-state index in [2.05, 4.69) is 21.4 Å². The summed E-state index contributed by atoms with van der Waals surface area (Å²) in [5, 5.41) is 15.3. The van der Waals surface area contributed by atoms with Gasteiger partial charge < -0.3 is 5.32 Å². The SMILES string of the molecule is O=[N+]([O-])c1ccccc1S(=O)(=O)N(Cc1ccc(CNC2CCCCc3cccnc32)cc1)Cc1ccccn1. The van der Waals surface area contributed by atoms with Gasteiger partial charge >= 0.3 is 0 Å². The summed E-state index contributed by atoms with van der Waals surface area (Å²) in [7, 11) is -4.21. The molecule has 40 heavy (non-hydrogen) atoms. The molecule has 1 aliphatic carbocycles. The van der Waals surface area contributed by atoms with Crippen LogP contribution in [0.15, 0.2) is 96.2 Å². The number of rotatable bonds is 10. The number of benzene rings is 2. The Morgan fingerprint density at radius 1 is 0.875 bits per heavy atom. The molecule has 10 heteroatoms. The molecule has 206 valence electrons. The number of sulfonamides is 1. The predicted molar refractivity (Wildman–Crippen MR) is 152 cm³/mol. The smallest absolute Gasteiger partial charge is 0.289 e. The van der Waals surface area contributed by atoms with Crippen molar-refractivity contribution >= 4 is 15.7 Å². The standard InChI is InChI=1S/C30H31N5O4S/c36-35(37)28-12-3-4-13-29(28)40(38,39)34(22-26-10-5-6-18-31-26)21-24-16-14-23(15-17-24)20-33-27-11-2-1-8-25-9-7-19-32-30(25)27/h3-7,9-10,12-19,27,33H,1-2,8,11,20-22H2. The summed E-state index contributed by atoms with van der Waals surface area (Å²) in [5.74, 6) is 0. The Hall–Kier alpha value is -3.99. The van der Waals surface area contributed by atoms with Gasteiger partial charge in [0.25, 0.3) is 15.7 Å². The van der Waals surface area contributed by atoms with Gasteiger partial charge in [0.2, 0.25) is 0 Å². The fraction of sp³-hybridized carbons (Fsp3) is 0.267. The highest BCUT2D eigenvalue weighted by atomic mass is 32.2. The number of hydrogen-bond acceptors (Lipinski definition) is 7. The topological polar surface area (TPSA) is 118 Å². The van der Waals surface area contributed by atoms with Gasteiger partial charge in [0.15, 0.2) is 4.90 Å². The van der Waals surface area contributed by atoms with Crippen LogP contribution < -0.4 is 5.32 Å². The van der Waals surface area contributed by atoms with Crippen LogP contribution >= 0.6 is 0 Å². The van der Waals surface area contributed by atoms with Crippen molar-refractivity contribution in [1.29, 1.82) is 0 Å². The summed E-state index contributed by atoms with van der Waals surface area (Å²) >= 11 is 0. The van der Waals surface area contributed by atoms with E-state index in [-0.39, 0.29) is 24.0 Å². The van der Waals surface area contributed by atoms with Crippen molar-refractivity contribution in [1.82, 2.24) is 19.6 Å². The van der Waals surface area contributed by atoms with Crippen molar-refractivity contribution < 1.29 is 13.3 Å². The van der Waals surface area contributed by atoms with E-state index in [1.807, 2.05) is 36.5 Å². The second-order valence-electron chi connectivity index (χ2n) is 9.86. The van der Waals surface area contributed by atoms with Gasteiger partial charge in [0, 0.05) is 31.5 Å². The number of aromatic nitrogens is 2. The van der Waals surface area contributed by atoms with E-state index in [0.717, 1.165) is 42.5 Å². The summed E-state index contributed by atoms with van der Waals surface area (Å²) in [6.07, 6.45) is 7.84. The van der Waals surface area contributed by atoms with Crippen molar-refractivity contribution in [3.8, 4) is 0 Å². The van der Waals surface area contributed by atoms with Crippen LogP contribution in [0.5, 0.6) is 0 Å². The summed E-state index contributed by atoms with van der Waals surface area (Å²) in [6.45, 7) is 0.679. The lowest BCUT2D eigenvalue weighted by atomic mass is 10.0. The Bertz CT molecular complexity index is 1560. The first-order valence-corrected chi connectivity index (χ1v) is 14.7. The number of nitro benzene ring substituents is 1. The molecule has 2 heterocycles. The lowest BCUT2D eigenvalue weighted by molar-refractivity contribution is -0.387. The van der Waals surface area contributed by atoms with Crippen molar-refractivity contribution in [2.45, 2.75) is 56.3 Å². The highest BCUT2D eigenvalue weighted by Gasteiger charge is 2.32. The maximum absolute atomic E-state index is 13.7. The van der Waals surface area contributed by atoms with E-state index in [9.17, 15) is 18.5 Å². The van der Waals surface area contributed by atoms with Gasteiger partial charge in [-0.3, -0.25) is 20.1 Å². The zero-order chi connectivity index (χ0) is 28.0. The van der Waals surface area contributed by atoms with Crippen LogP contribution in [-0.2, 0) is 36.1 Å². The number of fused-ring (bicyclic) bond motifs is 1. The minimum atomic E-state index is -4.21. The molecule has 0 saturated carbocycles. The molecular formula is C30H31N5O4S. The molecule has 2 aromatic heterocycles. The van der Waals surface area contributed by atoms with Gasteiger partial charge in [0.05, 0.1) is 28.9 Å². The zero-order valence-electron chi connectivity index (χ0n) is 22.0. The Kier molecular flexibility index (Phi) is 8.59. The van der Waals surface area contributed by atoms with Gasteiger partial charge in [-0.25, -0.2) is 8.42 Å². The number of nitrogens with one attached hydrogen (secondary N) is 1. The van der Waals surface area contributed by atoms with Crippen molar-refractivity contribution in [3.63, 3.8) is 0 Å². The highest BCUT2D eigenvalue weighted by molar-refractivity contribution is 7.89. The first-order valence-electron chi connectivity index (χ1n) is 13.3. The lowest BCUT2D eigenvalue weighted by Gasteiger charge is -2.22. The van der Waals surface area contributed by atoms with E-state index < -0.39 is 20.6 Å². The van der Waals surface area contributed by atoms with Gasteiger partial charge in [0.1, 0.15) is 0 Å². The van der Waals surface area contributed by atoms with E-state index in [4.69, 9.17) is 0 Å². The van der Waals surface area contributed by atoms with E-state index in [1.165, 1.54) is 34.1 Å². The second-order valence-corrected chi connectivity index (χ2v) is 11.8. The number of nitro groups is 1. The third kappa shape index (κ3) is 6.41. The molecule has 2 aromatic carbocycles. The lowest BCUT2D eigenvalue weighted by Crippen LogP contribution is -2.31. The molecule has 0 radical (unpaired) electrons. The van der Waals surface area contributed by atoms with Gasteiger partial charge in [-0.2, -0.15) is 4.31 Å². The average molecular weight is 558 g/mol. The van der Waals surface area contributed by atoms with Crippen molar-refractivity contribution in [2.24, 2.45) is 0 Å². The van der Waals surface area contributed by atoms with Crippen LogP contribution in [-0.4, -0.2) is 27.6 Å². The van der Waals surface area contributed by atoms with Crippen LogP contribution in [0.25, 0.3) is 0 Å². The number of pyridine rings is 2. The number of nitrogens with zero attached hydrogens (tertiary/aromatic N) is 4. The normalized spacial score (nSPS) is 15.4. The minimum absolute atomic E-state index is 0.0212. The summed E-state index contributed by atoms with van der Waals surface area (Å²) in [4.78, 5) is 19.5. The number of para-hydroxylation sites is 1. The fourth-order valence-electron chi connectivity index (χ4n) is 5.05. The second kappa shape index (κ2) is 12.5. The quantitative estimate of drug-likeness (QED) is 0.159.